The van der Waals surface area contributed by atoms with E-state index in [0.29, 0.717) is 22.3 Å². The molecule has 1 atom stereocenters. The molecule has 1 saturated heterocycles. The molecule has 0 bridgehead atoms. The Bertz CT molecular complexity index is 852. The molecule has 1 unspecified atom stereocenters. The molecular weight excluding hydrogens is 389 g/mol. The van der Waals surface area contributed by atoms with Gasteiger partial charge in [-0.3, -0.25) is 0 Å². The molecule has 0 spiro atoms. The van der Waals surface area contributed by atoms with E-state index < -0.39 is 10.0 Å². The van der Waals surface area contributed by atoms with Gasteiger partial charge in [0.2, 0.25) is 0 Å². The first-order valence-electron chi connectivity index (χ1n) is 7.42. The Morgan fingerprint density at radius 2 is 2.08 bits per heavy atom. The molecule has 1 aromatic heterocycles. The maximum atomic E-state index is 13.0. The van der Waals surface area contributed by atoms with Crippen molar-refractivity contribution in [2.24, 2.45) is 0 Å². The first-order valence-corrected chi connectivity index (χ1v) is 10.7. The summed E-state index contributed by atoms with van der Waals surface area (Å²) in [6.45, 7) is 4.37. The van der Waals surface area contributed by atoms with Crippen LogP contribution in [0.4, 0.5) is 0 Å². The van der Waals surface area contributed by atoms with Crippen LogP contribution in [0.2, 0.25) is 10.0 Å². The first kappa shape index (κ1) is 18.1. The molecule has 2 aromatic rings. The number of hydrogen-bond acceptors (Lipinski definition) is 4. The normalized spacial score (nSPS) is 19.3. The fourth-order valence-corrected chi connectivity index (χ4v) is 6.27. The van der Waals surface area contributed by atoms with E-state index in [-0.39, 0.29) is 16.4 Å². The van der Waals surface area contributed by atoms with Crippen molar-refractivity contribution >= 4 is 45.0 Å². The second-order valence-electron chi connectivity index (χ2n) is 5.76. The lowest BCUT2D eigenvalue weighted by molar-refractivity contribution is 0.432. The lowest BCUT2D eigenvalue weighted by Crippen LogP contribution is -2.31. The average Bonchev–Trinajstić information content (AvgIpc) is 3.17. The summed E-state index contributed by atoms with van der Waals surface area (Å²) in [5, 5.41) is 0.685. The van der Waals surface area contributed by atoms with E-state index in [2.05, 4.69) is 4.98 Å². The molecule has 0 N–H and O–H groups in total. The molecular formula is C15H17Cl2N3O2S2. The molecule has 5 nitrogen and oxygen atoms in total. The zero-order chi connectivity index (χ0) is 17.5. The smallest absolute Gasteiger partial charge is 0.263 e. The third-order valence-corrected chi connectivity index (χ3v) is 7.51. The highest BCUT2D eigenvalue weighted by atomic mass is 35.5. The maximum Gasteiger partial charge on any atom is 0.263 e. The van der Waals surface area contributed by atoms with Crippen LogP contribution in [0.15, 0.2) is 35.7 Å². The fraction of sp³-hybridized carbons (Fsp3) is 0.400. The maximum absolute atomic E-state index is 13.0. The minimum atomic E-state index is -3.69. The molecule has 0 saturated carbocycles. The summed E-state index contributed by atoms with van der Waals surface area (Å²) in [6, 6.07) is 5.29. The van der Waals surface area contributed by atoms with Crippen molar-refractivity contribution in [3.63, 3.8) is 0 Å². The van der Waals surface area contributed by atoms with Crippen molar-refractivity contribution in [3.05, 3.63) is 46.3 Å². The van der Waals surface area contributed by atoms with Gasteiger partial charge in [0.1, 0.15) is 0 Å². The number of benzene rings is 1. The Morgan fingerprint density at radius 1 is 1.33 bits per heavy atom. The molecule has 24 heavy (non-hydrogen) atoms. The average molecular weight is 406 g/mol. The number of thioether (sulfide) groups is 1. The van der Waals surface area contributed by atoms with Crippen molar-refractivity contribution in [2.75, 3.05) is 12.3 Å². The van der Waals surface area contributed by atoms with Crippen LogP contribution in [0.1, 0.15) is 30.8 Å². The largest absolute Gasteiger partial charge is 0.334 e. The number of halogens is 2. The number of rotatable bonds is 4. The van der Waals surface area contributed by atoms with Crippen molar-refractivity contribution in [3.8, 4) is 0 Å². The predicted octanol–water partition coefficient (Wildman–Crippen LogP) is 4.21. The zero-order valence-corrected chi connectivity index (χ0v) is 16.3. The van der Waals surface area contributed by atoms with E-state index in [1.807, 2.05) is 13.8 Å². The van der Waals surface area contributed by atoms with E-state index >= 15 is 0 Å². The van der Waals surface area contributed by atoms with Gasteiger partial charge in [0, 0.05) is 34.6 Å². The van der Waals surface area contributed by atoms with Crippen molar-refractivity contribution in [1.29, 1.82) is 0 Å². The summed E-state index contributed by atoms with van der Waals surface area (Å²) < 4.78 is 29.2. The lowest BCUT2D eigenvalue weighted by Gasteiger charge is -2.23. The van der Waals surface area contributed by atoms with Crippen LogP contribution in [0.3, 0.4) is 0 Å². The van der Waals surface area contributed by atoms with Crippen LogP contribution in [-0.2, 0) is 10.0 Å². The molecule has 0 radical (unpaired) electrons. The third kappa shape index (κ3) is 3.32. The number of hydrogen-bond donors (Lipinski definition) is 0. The highest BCUT2D eigenvalue weighted by molar-refractivity contribution is 8.01. The highest BCUT2D eigenvalue weighted by Crippen LogP contribution is 2.44. The van der Waals surface area contributed by atoms with Crippen LogP contribution in [0, 0.1) is 0 Å². The Hall–Kier alpha value is -0.730. The highest BCUT2D eigenvalue weighted by Gasteiger charge is 2.39. The molecule has 2 heterocycles. The molecule has 9 heteroatoms. The minimum Gasteiger partial charge on any atom is -0.334 e. The molecule has 0 aliphatic carbocycles. The van der Waals surface area contributed by atoms with Crippen LogP contribution in [0.25, 0.3) is 0 Å². The van der Waals surface area contributed by atoms with Gasteiger partial charge >= 0.3 is 0 Å². The van der Waals surface area contributed by atoms with Gasteiger partial charge in [0.25, 0.3) is 10.0 Å². The topological polar surface area (TPSA) is 55.2 Å². The van der Waals surface area contributed by atoms with Gasteiger partial charge in [-0.05, 0) is 31.5 Å². The molecule has 1 aromatic carbocycles. The molecule has 130 valence electrons. The van der Waals surface area contributed by atoms with Gasteiger partial charge in [-0.1, -0.05) is 29.3 Å². The number of nitrogens with zero attached hydrogens (tertiary/aromatic N) is 3. The van der Waals surface area contributed by atoms with Crippen LogP contribution in [0.5, 0.6) is 0 Å². The van der Waals surface area contributed by atoms with E-state index in [1.165, 1.54) is 4.31 Å². The summed E-state index contributed by atoms with van der Waals surface area (Å²) >= 11 is 13.8. The molecule has 3 rings (SSSR count). The Kier molecular flexibility index (Phi) is 5.18. The van der Waals surface area contributed by atoms with Crippen molar-refractivity contribution in [2.45, 2.75) is 30.3 Å². The fourth-order valence-electron chi connectivity index (χ4n) is 2.50. The van der Waals surface area contributed by atoms with Gasteiger partial charge in [0.15, 0.2) is 5.03 Å². The Morgan fingerprint density at radius 3 is 2.71 bits per heavy atom. The van der Waals surface area contributed by atoms with E-state index in [4.69, 9.17) is 23.2 Å². The third-order valence-electron chi connectivity index (χ3n) is 3.82. The van der Waals surface area contributed by atoms with E-state index in [0.717, 1.165) is 5.56 Å². The summed E-state index contributed by atoms with van der Waals surface area (Å²) in [5.41, 5.74) is 0.746. The zero-order valence-electron chi connectivity index (χ0n) is 13.2. The van der Waals surface area contributed by atoms with Crippen molar-refractivity contribution in [1.82, 2.24) is 13.9 Å². The predicted molar refractivity (Wildman–Crippen MR) is 98.2 cm³/mol. The summed E-state index contributed by atoms with van der Waals surface area (Å²) in [7, 11) is -3.69. The second kappa shape index (κ2) is 6.88. The van der Waals surface area contributed by atoms with Gasteiger partial charge in [-0.2, -0.15) is 4.31 Å². The van der Waals surface area contributed by atoms with Crippen LogP contribution >= 0.6 is 35.0 Å². The Balaban J connectivity index is 1.96. The number of imidazole rings is 1. The lowest BCUT2D eigenvalue weighted by atomic mass is 10.2. The molecule has 1 aliphatic rings. The summed E-state index contributed by atoms with van der Waals surface area (Å²) in [4.78, 5) is 4.09. The summed E-state index contributed by atoms with van der Waals surface area (Å²) in [5.74, 6) is 0.702. The summed E-state index contributed by atoms with van der Waals surface area (Å²) in [6.07, 6.45) is 3.12. The minimum absolute atomic E-state index is 0.0637. The van der Waals surface area contributed by atoms with Gasteiger partial charge < -0.3 is 4.57 Å². The second-order valence-corrected chi connectivity index (χ2v) is 9.63. The number of sulfonamides is 1. The van der Waals surface area contributed by atoms with Gasteiger partial charge in [-0.15, -0.1) is 11.8 Å². The first-order chi connectivity index (χ1) is 11.3. The quantitative estimate of drug-likeness (QED) is 0.764. The van der Waals surface area contributed by atoms with Crippen molar-refractivity contribution < 1.29 is 8.42 Å². The number of aromatic nitrogens is 2. The SMILES string of the molecule is CC(C)n1cnc(S(=O)(=O)N2CCSC2c2ccc(Cl)cc2Cl)c1. The van der Waals surface area contributed by atoms with Crippen LogP contribution < -0.4 is 0 Å². The van der Waals surface area contributed by atoms with E-state index in [9.17, 15) is 8.42 Å². The molecule has 0 amide bonds. The Labute approximate surface area is 156 Å². The monoisotopic (exact) mass is 405 g/mol. The molecule has 1 aliphatic heterocycles. The van der Waals surface area contributed by atoms with E-state index in [1.54, 1.807) is 47.1 Å². The van der Waals surface area contributed by atoms with Gasteiger partial charge in [-0.25, -0.2) is 13.4 Å². The van der Waals surface area contributed by atoms with Crippen LogP contribution in [-0.4, -0.2) is 34.6 Å². The molecule has 1 fully saturated rings. The standard InChI is InChI=1S/C15H17Cl2N3O2S2/c1-10(2)19-8-14(18-9-19)24(21,22)20-5-6-23-15(20)12-4-3-11(16)7-13(12)17/h3-4,7-10,15H,5-6H2,1-2H3. The van der Waals surface area contributed by atoms with Gasteiger partial charge in [0.05, 0.1) is 11.7 Å².